The van der Waals surface area contributed by atoms with Crippen molar-refractivity contribution in [3.63, 3.8) is 0 Å². The van der Waals surface area contributed by atoms with Crippen LogP contribution >= 0.6 is 11.6 Å². The molecular formula is C36H44ClN3O5. The molecule has 2 aromatic rings. The first-order valence-corrected chi connectivity index (χ1v) is 16.2. The zero-order valence-electron chi connectivity index (χ0n) is 26.4. The van der Waals surface area contributed by atoms with Crippen molar-refractivity contribution in [3.05, 3.63) is 90.5 Å². The molecule has 3 aliphatic heterocycles. The van der Waals surface area contributed by atoms with Gasteiger partial charge >= 0.3 is 0 Å². The van der Waals surface area contributed by atoms with E-state index in [-0.39, 0.29) is 36.8 Å². The lowest BCUT2D eigenvalue weighted by Crippen LogP contribution is -2.60. The predicted octanol–water partition coefficient (Wildman–Crippen LogP) is 5.25. The molecule has 2 unspecified atom stereocenters. The first-order valence-electron chi connectivity index (χ1n) is 15.8. The molecule has 3 amide bonds. The van der Waals surface area contributed by atoms with Gasteiger partial charge in [-0.25, -0.2) is 0 Å². The Morgan fingerprint density at radius 1 is 1.07 bits per heavy atom. The summed E-state index contributed by atoms with van der Waals surface area (Å²) >= 11 is 6.60. The number of rotatable bonds is 13. The molecule has 1 spiro atoms. The van der Waals surface area contributed by atoms with Gasteiger partial charge in [0, 0.05) is 19.6 Å². The number of likely N-dealkylation sites (tertiary alicyclic amines) is 1. The number of hydrogen-bond donors (Lipinski definition) is 1. The maximum absolute atomic E-state index is 14.9. The number of carbonyl (C=O) groups excluding carboxylic acids is 3. The number of carbonyl (C=O) groups is 3. The highest BCUT2D eigenvalue weighted by molar-refractivity contribution is 6.34. The van der Waals surface area contributed by atoms with Crippen molar-refractivity contribution in [1.82, 2.24) is 9.80 Å². The maximum Gasteiger partial charge on any atom is 0.253 e. The Balaban J connectivity index is 1.64. The van der Waals surface area contributed by atoms with Gasteiger partial charge in [0.25, 0.3) is 5.91 Å². The van der Waals surface area contributed by atoms with Crippen LogP contribution < -0.4 is 4.90 Å². The third-order valence-corrected chi connectivity index (χ3v) is 10.4. The van der Waals surface area contributed by atoms with Crippen LogP contribution in [-0.4, -0.2) is 75.6 Å². The number of aliphatic hydroxyl groups is 1. The molecule has 240 valence electrons. The maximum atomic E-state index is 14.9. The van der Waals surface area contributed by atoms with Gasteiger partial charge in [-0.3, -0.25) is 14.4 Å². The van der Waals surface area contributed by atoms with Gasteiger partial charge in [-0.1, -0.05) is 87.0 Å². The topological polar surface area (TPSA) is 90.4 Å². The number of ether oxygens (including phenoxy) is 1. The average molecular weight is 634 g/mol. The molecule has 45 heavy (non-hydrogen) atoms. The Morgan fingerprint density at radius 3 is 2.33 bits per heavy atom. The number of para-hydroxylation sites is 1. The van der Waals surface area contributed by atoms with Gasteiger partial charge in [-0.2, -0.15) is 0 Å². The number of aliphatic hydroxyl groups excluding tert-OH is 1. The van der Waals surface area contributed by atoms with E-state index >= 15 is 0 Å². The summed E-state index contributed by atoms with van der Waals surface area (Å²) in [4.78, 5) is 49.2. The molecule has 3 aliphatic rings. The van der Waals surface area contributed by atoms with E-state index in [0.717, 1.165) is 5.56 Å². The molecule has 8 nitrogen and oxygen atoms in total. The molecule has 0 aromatic heterocycles. The van der Waals surface area contributed by atoms with Gasteiger partial charge in [-0.15, -0.1) is 13.2 Å². The van der Waals surface area contributed by atoms with Gasteiger partial charge in [0.2, 0.25) is 11.8 Å². The molecule has 5 rings (SSSR count). The van der Waals surface area contributed by atoms with E-state index in [1.54, 1.807) is 41.3 Å². The minimum Gasteiger partial charge on any atom is -0.394 e. The summed E-state index contributed by atoms with van der Waals surface area (Å²) in [6.07, 6.45) is 4.79. The molecule has 3 heterocycles. The van der Waals surface area contributed by atoms with Crippen LogP contribution in [0.2, 0.25) is 5.02 Å². The summed E-state index contributed by atoms with van der Waals surface area (Å²) in [5, 5.41) is 11.0. The molecule has 3 fully saturated rings. The van der Waals surface area contributed by atoms with Crippen LogP contribution in [0.3, 0.4) is 0 Å². The molecule has 1 N–H and O–H groups in total. The third kappa shape index (κ3) is 5.41. The standard InChI is InChI=1S/C36H44ClN3O5/c1-6-20-38(22-25-14-10-9-11-15-25)32(42)29-30-33(43)40(28(23-41)24(4)5)31(36(30)19-18-35(29,8-3)45-36)34(44)39(21-7-2)27-17-13-12-16-26(27)37/h6-7,9-17,24,28-31,41H,1-2,8,18-23H2,3-5H3/t28-,29-,30-,31?,35+,36?/m0/s1. The fourth-order valence-corrected chi connectivity index (χ4v) is 8.17. The van der Waals surface area contributed by atoms with Crippen LogP contribution in [-0.2, 0) is 25.7 Å². The van der Waals surface area contributed by atoms with Crippen LogP contribution in [0.15, 0.2) is 79.9 Å². The van der Waals surface area contributed by atoms with E-state index < -0.39 is 35.1 Å². The van der Waals surface area contributed by atoms with Crippen molar-refractivity contribution < 1.29 is 24.2 Å². The first kappa shape index (κ1) is 32.9. The molecule has 9 heteroatoms. The Kier molecular flexibility index (Phi) is 9.59. The van der Waals surface area contributed by atoms with Gasteiger partial charge < -0.3 is 24.5 Å². The SMILES string of the molecule is C=CCN(Cc1ccccc1)C(=O)[C@@H]1[C@H]2C(=O)N([C@@H](CO)C(C)C)C(C(=O)N(CC=C)c3ccccc3Cl)C23CC[C@@]1(CC)O3. The summed E-state index contributed by atoms with van der Waals surface area (Å²) in [6.45, 7) is 14.0. The predicted molar refractivity (Wildman–Crippen MR) is 175 cm³/mol. The Morgan fingerprint density at radius 2 is 1.73 bits per heavy atom. The molecule has 2 aromatic carbocycles. The summed E-state index contributed by atoms with van der Waals surface area (Å²) < 4.78 is 7.01. The zero-order valence-corrected chi connectivity index (χ0v) is 27.2. The van der Waals surface area contributed by atoms with Crippen molar-refractivity contribution in [2.45, 2.75) is 69.9 Å². The third-order valence-electron chi connectivity index (χ3n) is 10.0. The largest absolute Gasteiger partial charge is 0.394 e. The fourth-order valence-electron chi connectivity index (χ4n) is 7.93. The summed E-state index contributed by atoms with van der Waals surface area (Å²) in [6, 6.07) is 15.0. The number of amides is 3. The van der Waals surface area contributed by atoms with E-state index in [1.807, 2.05) is 51.1 Å². The van der Waals surface area contributed by atoms with E-state index in [4.69, 9.17) is 16.3 Å². The lowest BCUT2D eigenvalue weighted by atomic mass is 9.64. The highest BCUT2D eigenvalue weighted by Gasteiger charge is 2.79. The van der Waals surface area contributed by atoms with Crippen molar-refractivity contribution in [3.8, 4) is 0 Å². The summed E-state index contributed by atoms with van der Waals surface area (Å²) in [5.41, 5.74) is -0.699. The van der Waals surface area contributed by atoms with E-state index in [1.165, 1.54) is 9.80 Å². The fraction of sp³-hybridized carbons (Fsp3) is 0.472. The Hall–Kier alpha value is -3.46. The number of benzene rings is 2. The summed E-state index contributed by atoms with van der Waals surface area (Å²) in [7, 11) is 0. The number of anilines is 1. The second-order valence-electron chi connectivity index (χ2n) is 12.8. The lowest BCUT2D eigenvalue weighted by Gasteiger charge is -2.41. The molecule has 3 saturated heterocycles. The highest BCUT2D eigenvalue weighted by atomic mass is 35.5. The molecule has 2 bridgehead atoms. The normalized spacial score (nSPS) is 27.4. The molecule has 0 radical (unpaired) electrons. The van der Waals surface area contributed by atoms with E-state index in [2.05, 4.69) is 13.2 Å². The lowest BCUT2D eigenvalue weighted by molar-refractivity contribution is -0.154. The number of hydrogen-bond acceptors (Lipinski definition) is 5. The molecular weight excluding hydrogens is 590 g/mol. The van der Waals surface area contributed by atoms with Crippen molar-refractivity contribution >= 4 is 35.0 Å². The van der Waals surface area contributed by atoms with E-state index in [9.17, 15) is 19.5 Å². The second kappa shape index (κ2) is 13.1. The minimum absolute atomic E-state index is 0.152. The van der Waals surface area contributed by atoms with Crippen molar-refractivity contribution in [2.24, 2.45) is 17.8 Å². The molecule has 6 atom stereocenters. The second-order valence-corrected chi connectivity index (χ2v) is 13.2. The molecule has 0 saturated carbocycles. The quantitative estimate of drug-likeness (QED) is 0.305. The zero-order chi connectivity index (χ0) is 32.5. The smallest absolute Gasteiger partial charge is 0.253 e. The average Bonchev–Trinajstić information content (AvgIpc) is 3.64. The monoisotopic (exact) mass is 633 g/mol. The highest BCUT2D eigenvalue weighted by Crippen LogP contribution is 2.65. The first-order chi connectivity index (χ1) is 21.6. The number of nitrogens with zero attached hydrogens (tertiary/aromatic N) is 3. The van der Waals surface area contributed by atoms with Crippen LogP contribution in [0.5, 0.6) is 0 Å². The Labute approximate surface area is 271 Å². The van der Waals surface area contributed by atoms with Crippen LogP contribution in [0.4, 0.5) is 5.69 Å². The van der Waals surface area contributed by atoms with Gasteiger partial charge in [0.05, 0.1) is 40.8 Å². The van der Waals surface area contributed by atoms with E-state index in [0.29, 0.717) is 43.1 Å². The number of halogens is 1. The van der Waals surface area contributed by atoms with Gasteiger partial charge in [0.1, 0.15) is 11.6 Å². The van der Waals surface area contributed by atoms with Crippen molar-refractivity contribution in [1.29, 1.82) is 0 Å². The Bertz CT molecular complexity index is 1450. The summed E-state index contributed by atoms with van der Waals surface area (Å²) in [5.74, 6) is -2.74. The van der Waals surface area contributed by atoms with Crippen LogP contribution in [0.1, 0.15) is 45.6 Å². The van der Waals surface area contributed by atoms with Gasteiger partial charge in [-0.05, 0) is 42.9 Å². The van der Waals surface area contributed by atoms with Crippen LogP contribution in [0.25, 0.3) is 0 Å². The minimum atomic E-state index is -1.25. The molecule has 0 aliphatic carbocycles. The van der Waals surface area contributed by atoms with Gasteiger partial charge in [0.15, 0.2) is 0 Å². The van der Waals surface area contributed by atoms with Crippen LogP contribution in [0, 0.1) is 17.8 Å². The number of fused-ring (bicyclic) bond motifs is 1. The van der Waals surface area contributed by atoms with Crippen molar-refractivity contribution in [2.75, 3.05) is 24.6 Å².